The molecule has 0 aliphatic heterocycles. The van der Waals surface area contributed by atoms with E-state index in [1.54, 1.807) is 24.3 Å². The molecule has 0 spiro atoms. The second-order valence-corrected chi connectivity index (χ2v) is 8.36. The van der Waals surface area contributed by atoms with Gasteiger partial charge in [0.15, 0.2) is 0 Å². The lowest BCUT2D eigenvalue weighted by atomic mass is 9.82. The summed E-state index contributed by atoms with van der Waals surface area (Å²) >= 11 is 0. The fourth-order valence-corrected chi connectivity index (χ4v) is 4.31. The van der Waals surface area contributed by atoms with Gasteiger partial charge in [-0.25, -0.2) is 0 Å². The molecular weight excluding hydrogens is 408 g/mol. The average molecular weight is 434 g/mol. The molecule has 0 bridgehead atoms. The smallest absolute Gasteiger partial charge is 0.306 e. The van der Waals surface area contributed by atoms with Crippen molar-refractivity contribution in [2.24, 2.45) is 11.8 Å². The predicted octanol–water partition coefficient (Wildman–Crippen LogP) is 2.58. The number of nitrogens with zero attached hydrogens (tertiary/aromatic N) is 3. The number of carbonyl (C=O) groups is 2. The minimum atomic E-state index is -0.836. The zero-order chi connectivity index (χ0) is 22.5. The fourth-order valence-electron chi connectivity index (χ4n) is 4.31. The molecular formula is C24H26N4O4. The van der Waals surface area contributed by atoms with Crippen molar-refractivity contribution in [1.29, 1.82) is 0 Å². The molecule has 8 nitrogen and oxygen atoms in total. The van der Waals surface area contributed by atoms with E-state index in [4.69, 9.17) is 5.11 Å². The number of rotatable bonds is 7. The average Bonchev–Trinajstić information content (AvgIpc) is 2.83. The van der Waals surface area contributed by atoms with Crippen molar-refractivity contribution in [2.75, 3.05) is 6.54 Å². The second kappa shape index (κ2) is 9.72. The fraction of sp³-hybridized carbons (Fsp3) is 0.375. The summed E-state index contributed by atoms with van der Waals surface area (Å²) in [7, 11) is 0. The summed E-state index contributed by atoms with van der Waals surface area (Å²) in [6.07, 6.45) is 3.08. The van der Waals surface area contributed by atoms with E-state index < -0.39 is 12.0 Å². The zero-order valence-electron chi connectivity index (χ0n) is 17.7. The maximum atomic E-state index is 13.2. The lowest BCUT2D eigenvalue weighted by molar-refractivity contribution is -0.143. The van der Waals surface area contributed by atoms with Gasteiger partial charge in [0.2, 0.25) is 5.91 Å². The molecule has 1 aliphatic carbocycles. The second-order valence-electron chi connectivity index (χ2n) is 8.36. The Morgan fingerprint density at radius 2 is 1.72 bits per heavy atom. The third-order valence-corrected chi connectivity index (χ3v) is 6.22. The molecule has 0 saturated heterocycles. The number of carbonyl (C=O) groups excluding carboxylic acids is 1. The van der Waals surface area contributed by atoms with Gasteiger partial charge in [0, 0.05) is 13.0 Å². The van der Waals surface area contributed by atoms with Crippen molar-refractivity contribution in [1.82, 2.24) is 20.3 Å². The molecule has 1 amide bonds. The highest BCUT2D eigenvalue weighted by atomic mass is 16.4. The van der Waals surface area contributed by atoms with Gasteiger partial charge in [-0.05, 0) is 49.3 Å². The summed E-state index contributed by atoms with van der Waals surface area (Å²) in [6, 6.07) is 15.6. The largest absolute Gasteiger partial charge is 0.481 e. The van der Waals surface area contributed by atoms with E-state index in [2.05, 4.69) is 15.6 Å². The van der Waals surface area contributed by atoms with Crippen molar-refractivity contribution >= 4 is 22.8 Å². The number of carboxylic acid groups (broad SMARTS) is 1. The van der Waals surface area contributed by atoms with Crippen molar-refractivity contribution in [3.63, 3.8) is 0 Å². The standard InChI is InChI=1S/C24H26N4O4/c29-22(25-15-17-10-12-18(13-11-17)24(31)32)21(14-16-6-2-1-3-7-16)28-23(30)19-8-4-5-9-20(19)26-27-28/h1-9,17-18,21H,10-15H2,(H,25,29)(H,31,32). The van der Waals surface area contributed by atoms with Crippen LogP contribution in [0.15, 0.2) is 59.4 Å². The number of fused-ring (bicyclic) bond motifs is 1. The monoisotopic (exact) mass is 434 g/mol. The molecule has 166 valence electrons. The lowest BCUT2D eigenvalue weighted by Crippen LogP contribution is -2.42. The Labute approximate surface area is 185 Å². The zero-order valence-corrected chi connectivity index (χ0v) is 17.7. The van der Waals surface area contributed by atoms with Crippen molar-refractivity contribution < 1.29 is 14.7 Å². The van der Waals surface area contributed by atoms with E-state index >= 15 is 0 Å². The van der Waals surface area contributed by atoms with Crippen molar-refractivity contribution in [3.8, 4) is 0 Å². The van der Waals surface area contributed by atoms with E-state index in [0.29, 0.717) is 36.7 Å². The minimum absolute atomic E-state index is 0.228. The van der Waals surface area contributed by atoms with Gasteiger partial charge < -0.3 is 10.4 Å². The van der Waals surface area contributed by atoms with E-state index in [9.17, 15) is 14.4 Å². The van der Waals surface area contributed by atoms with Crippen LogP contribution < -0.4 is 10.9 Å². The van der Waals surface area contributed by atoms with Crippen LogP contribution in [0, 0.1) is 11.8 Å². The van der Waals surface area contributed by atoms with E-state index in [-0.39, 0.29) is 23.3 Å². The molecule has 3 aromatic rings. The number of hydrogen-bond donors (Lipinski definition) is 2. The minimum Gasteiger partial charge on any atom is -0.481 e. The van der Waals surface area contributed by atoms with Crippen molar-refractivity contribution in [2.45, 2.75) is 38.1 Å². The van der Waals surface area contributed by atoms with E-state index in [0.717, 1.165) is 18.4 Å². The highest BCUT2D eigenvalue weighted by Crippen LogP contribution is 2.28. The van der Waals surface area contributed by atoms with Gasteiger partial charge in [-0.15, -0.1) is 5.10 Å². The van der Waals surface area contributed by atoms with Crippen LogP contribution in [-0.2, 0) is 16.0 Å². The molecule has 4 rings (SSSR count). The normalized spacial score (nSPS) is 19.4. The number of hydrogen-bond acceptors (Lipinski definition) is 5. The summed E-state index contributed by atoms with van der Waals surface area (Å²) in [4.78, 5) is 37.5. The van der Waals surface area contributed by atoms with Crippen LogP contribution in [0.2, 0.25) is 0 Å². The summed E-state index contributed by atoms with van der Waals surface area (Å²) in [6.45, 7) is 0.451. The molecule has 1 fully saturated rings. The van der Waals surface area contributed by atoms with E-state index in [1.165, 1.54) is 4.68 Å². The van der Waals surface area contributed by atoms with E-state index in [1.807, 2.05) is 30.3 Å². The quantitative estimate of drug-likeness (QED) is 0.591. The first-order chi connectivity index (χ1) is 15.5. The van der Waals surface area contributed by atoms with Gasteiger partial charge in [-0.1, -0.05) is 47.7 Å². The third-order valence-electron chi connectivity index (χ3n) is 6.22. The highest BCUT2D eigenvalue weighted by Gasteiger charge is 2.28. The van der Waals surface area contributed by atoms with Crippen LogP contribution >= 0.6 is 0 Å². The molecule has 2 aromatic carbocycles. The maximum Gasteiger partial charge on any atom is 0.306 e. The molecule has 1 unspecified atom stereocenters. The molecule has 1 aromatic heterocycles. The third kappa shape index (κ3) is 4.85. The molecule has 8 heteroatoms. The van der Waals surface area contributed by atoms with Crippen LogP contribution in [0.25, 0.3) is 10.9 Å². The Morgan fingerprint density at radius 3 is 2.44 bits per heavy atom. The molecule has 2 N–H and O–H groups in total. The van der Waals surface area contributed by atoms with Crippen LogP contribution in [0.4, 0.5) is 0 Å². The number of nitrogens with one attached hydrogen (secondary N) is 1. The van der Waals surface area contributed by atoms with Crippen LogP contribution in [0.3, 0.4) is 0 Å². The molecule has 1 saturated carbocycles. The number of aliphatic carboxylic acids is 1. The van der Waals surface area contributed by atoms with Gasteiger partial charge in [0.05, 0.1) is 11.3 Å². The highest BCUT2D eigenvalue weighted by molar-refractivity contribution is 5.81. The van der Waals surface area contributed by atoms with Gasteiger partial charge >= 0.3 is 5.97 Å². The first-order valence-electron chi connectivity index (χ1n) is 10.9. The first-order valence-corrected chi connectivity index (χ1v) is 10.9. The van der Waals surface area contributed by atoms with Crippen LogP contribution in [-0.4, -0.2) is 38.5 Å². The molecule has 32 heavy (non-hydrogen) atoms. The summed E-state index contributed by atoms with van der Waals surface area (Å²) < 4.78 is 1.17. The van der Waals surface area contributed by atoms with Gasteiger partial charge in [-0.2, -0.15) is 4.68 Å². The number of aromatic nitrogens is 3. The Hall–Kier alpha value is -3.55. The Bertz CT molecular complexity index is 1150. The summed E-state index contributed by atoms with van der Waals surface area (Å²) in [5, 5.41) is 20.8. The van der Waals surface area contributed by atoms with Crippen LogP contribution in [0.1, 0.15) is 37.3 Å². The number of amides is 1. The van der Waals surface area contributed by atoms with Gasteiger partial charge in [0.1, 0.15) is 11.6 Å². The summed E-state index contributed by atoms with van der Waals surface area (Å²) in [5.74, 6) is -1.10. The number of benzene rings is 2. The lowest BCUT2D eigenvalue weighted by Gasteiger charge is -2.27. The molecule has 1 heterocycles. The van der Waals surface area contributed by atoms with Crippen molar-refractivity contribution in [3.05, 3.63) is 70.5 Å². The Kier molecular flexibility index (Phi) is 6.58. The SMILES string of the molecule is O=C(O)C1CCC(CNC(=O)C(Cc2ccccc2)n2nnc3ccccc3c2=O)CC1. The number of carboxylic acids is 1. The molecule has 1 atom stereocenters. The predicted molar refractivity (Wildman–Crippen MR) is 119 cm³/mol. The first kappa shape index (κ1) is 21.7. The Balaban J connectivity index is 1.54. The summed E-state index contributed by atoms with van der Waals surface area (Å²) in [5.41, 5.74) is 1.05. The van der Waals surface area contributed by atoms with Gasteiger partial charge in [-0.3, -0.25) is 14.4 Å². The topological polar surface area (TPSA) is 114 Å². The van der Waals surface area contributed by atoms with Crippen LogP contribution in [0.5, 0.6) is 0 Å². The maximum absolute atomic E-state index is 13.2. The molecule has 1 aliphatic rings. The Morgan fingerprint density at radius 1 is 1.03 bits per heavy atom. The molecule has 0 radical (unpaired) electrons. The van der Waals surface area contributed by atoms with Gasteiger partial charge in [0.25, 0.3) is 5.56 Å².